The molecule has 0 radical (unpaired) electrons. The van der Waals surface area contributed by atoms with Gasteiger partial charge in [-0.1, -0.05) is 54.1 Å². The maximum atomic E-state index is 6.11. The van der Waals surface area contributed by atoms with Crippen molar-refractivity contribution < 1.29 is 4.42 Å². The summed E-state index contributed by atoms with van der Waals surface area (Å²) < 4.78 is 5.49. The summed E-state index contributed by atoms with van der Waals surface area (Å²) in [6.07, 6.45) is 1.75. The van der Waals surface area contributed by atoms with Crippen LogP contribution in [0.5, 0.6) is 0 Å². The van der Waals surface area contributed by atoms with Crippen LogP contribution >= 0.6 is 11.6 Å². The molecule has 1 aliphatic rings. The topological polar surface area (TPSA) is 19.6 Å². The number of piperazine rings is 1. The molecule has 1 fully saturated rings. The Balaban J connectivity index is 1.51. The summed E-state index contributed by atoms with van der Waals surface area (Å²) in [5.41, 5.74) is 2.62. The second-order valence-electron chi connectivity index (χ2n) is 6.76. The van der Waals surface area contributed by atoms with Crippen LogP contribution in [0.3, 0.4) is 0 Å². The third kappa shape index (κ3) is 4.01. The van der Waals surface area contributed by atoms with Crippen LogP contribution in [0.15, 0.2) is 77.4 Å². The molecule has 4 heteroatoms. The van der Waals surface area contributed by atoms with Gasteiger partial charge in [0.05, 0.1) is 18.8 Å². The Kier molecular flexibility index (Phi) is 5.40. The average molecular weight is 367 g/mol. The lowest BCUT2D eigenvalue weighted by Crippen LogP contribution is -2.47. The van der Waals surface area contributed by atoms with E-state index in [1.54, 1.807) is 6.26 Å². The second-order valence-corrected chi connectivity index (χ2v) is 7.19. The summed E-state index contributed by atoms with van der Waals surface area (Å²) in [4.78, 5) is 5.02. The van der Waals surface area contributed by atoms with Crippen LogP contribution in [0.4, 0.5) is 0 Å². The molecular weight excluding hydrogens is 344 g/mol. The van der Waals surface area contributed by atoms with Crippen LogP contribution in [0.2, 0.25) is 5.02 Å². The molecule has 0 aliphatic carbocycles. The summed E-state index contributed by atoms with van der Waals surface area (Å²) in [6, 6.07) is 23.3. The number of nitrogens with zero attached hydrogens (tertiary/aromatic N) is 2. The summed E-state index contributed by atoms with van der Waals surface area (Å²) in [5, 5.41) is 0.781. The lowest BCUT2D eigenvalue weighted by Gasteiger charge is -2.39. The van der Waals surface area contributed by atoms with Gasteiger partial charge in [-0.25, -0.2) is 0 Å². The van der Waals surface area contributed by atoms with Gasteiger partial charge in [-0.05, 0) is 35.4 Å². The zero-order valence-corrected chi connectivity index (χ0v) is 15.5. The van der Waals surface area contributed by atoms with Gasteiger partial charge in [0.25, 0.3) is 0 Å². The minimum atomic E-state index is 0.263. The predicted octanol–water partition coefficient (Wildman–Crippen LogP) is 4.84. The van der Waals surface area contributed by atoms with E-state index in [9.17, 15) is 0 Å². The van der Waals surface area contributed by atoms with Crippen LogP contribution in [0, 0.1) is 0 Å². The smallest absolute Gasteiger partial charge is 0.117 e. The first-order chi connectivity index (χ1) is 12.8. The van der Waals surface area contributed by atoms with Crippen molar-refractivity contribution in [2.45, 2.75) is 12.6 Å². The molecule has 2 heterocycles. The van der Waals surface area contributed by atoms with Crippen molar-refractivity contribution in [2.75, 3.05) is 26.2 Å². The minimum Gasteiger partial charge on any atom is -0.468 e. The standard InChI is InChI=1S/C22H23ClN2O/c23-20-10-8-19(9-11-20)22(18-5-2-1-3-6-18)25-14-12-24(13-15-25)17-21-7-4-16-26-21/h1-11,16,22H,12-15,17H2. The fourth-order valence-electron chi connectivity index (χ4n) is 3.70. The van der Waals surface area contributed by atoms with Gasteiger partial charge in [0.2, 0.25) is 0 Å². The number of rotatable bonds is 5. The molecule has 0 bridgehead atoms. The molecule has 0 saturated carbocycles. The molecule has 4 rings (SSSR count). The highest BCUT2D eigenvalue weighted by Gasteiger charge is 2.26. The Morgan fingerprint density at radius 1 is 0.808 bits per heavy atom. The maximum Gasteiger partial charge on any atom is 0.117 e. The molecule has 3 nitrogen and oxygen atoms in total. The van der Waals surface area contributed by atoms with Gasteiger partial charge in [-0.2, -0.15) is 0 Å². The summed E-state index contributed by atoms with van der Waals surface area (Å²) >= 11 is 6.11. The Morgan fingerprint density at radius 2 is 1.50 bits per heavy atom. The molecule has 1 saturated heterocycles. The fourth-order valence-corrected chi connectivity index (χ4v) is 3.82. The van der Waals surface area contributed by atoms with Crippen molar-refractivity contribution in [3.05, 3.63) is 94.9 Å². The van der Waals surface area contributed by atoms with Gasteiger partial charge in [0, 0.05) is 31.2 Å². The van der Waals surface area contributed by atoms with Crippen molar-refractivity contribution in [1.29, 1.82) is 0 Å². The number of hydrogen-bond donors (Lipinski definition) is 0. The fraction of sp³-hybridized carbons (Fsp3) is 0.273. The van der Waals surface area contributed by atoms with Crippen LogP contribution in [0.1, 0.15) is 22.9 Å². The van der Waals surface area contributed by atoms with Gasteiger partial charge >= 0.3 is 0 Å². The lowest BCUT2D eigenvalue weighted by molar-refractivity contribution is 0.0997. The van der Waals surface area contributed by atoms with Crippen molar-refractivity contribution in [1.82, 2.24) is 9.80 Å². The molecule has 0 amide bonds. The summed E-state index contributed by atoms with van der Waals surface area (Å²) in [5.74, 6) is 1.04. The van der Waals surface area contributed by atoms with Gasteiger partial charge in [0.15, 0.2) is 0 Å². The zero-order chi connectivity index (χ0) is 17.8. The second kappa shape index (κ2) is 8.09. The first-order valence-electron chi connectivity index (χ1n) is 9.09. The zero-order valence-electron chi connectivity index (χ0n) is 14.7. The highest BCUT2D eigenvalue weighted by Crippen LogP contribution is 2.30. The molecule has 1 atom stereocenters. The molecular formula is C22H23ClN2O. The Labute approximate surface area is 159 Å². The molecule has 134 valence electrons. The summed E-state index contributed by atoms with van der Waals surface area (Å²) in [7, 11) is 0. The number of benzene rings is 2. The predicted molar refractivity (Wildman–Crippen MR) is 105 cm³/mol. The van der Waals surface area contributed by atoms with E-state index in [4.69, 9.17) is 16.0 Å². The van der Waals surface area contributed by atoms with E-state index in [1.165, 1.54) is 11.1 Å². The monoisotopic (exact) mass is 366 g/mol. The molecule has 0 spiro atoms. The lowest BCUT2D eigenvalue weighted by atomic mass is 9.96. The molecule has 1 unspecified atom stereocenters. The third-order valence-electron chi connectivity index (χ3n) is 5.03. The quantitative estimate of drug-likeness (QED) is 0.644. The number of hydrogen-bond acceptors (Lipinski definition) is 3. The van der Waals surface area contributed by atoms with Crippen molar-refractivity contribution in [2.24, 2.45) is 0 Å². The van der Waals surface area contributed by atoms with E-state index in [1.807, 2.05) is 24.3 Å². The van der Waals surface area contributed by atoms with Gasteiger partial charge in [-0.15, -0.1) is 0 Å². The van der Waals surface area contributed by atoms with Gasteiger partial charge in [0.1, 0.15) is 5.76 Å². The van der Waals surface area contributed by atoms with Crippen molar-refractivity contribution >= 4 is 11.6 Å². The van der Waals surface area contributed by atoms with Gasteiger partial charge in [-0.3, -0.25) is 9.80 Å². The average Bonchev–Trinajstić information content (AvgIpc) is 3.19. The maximum absolute atomic E-state index is 6.11. The van der Waals surface area contributed by atoms with Gasteiger partial charge < -0.3 is 4.42 Å². The van der Waals surface area contributed by atoms with Crippen molar-refractivity contribution in [3.8, 4) is 0 Å². The van der Waals surface area contributed by atoms with E-state index < -0.39 is 0 Å². The van der Waals surface area contributed by atoms with E-state index >= 15 is 0 Å². The summed E-state index contributed by atoms with van der Waals surface area (Å²) in [6.45, 7) is 5.03. The highest BCUT2D eigenvalue weighted by molar-refractivity contribution is 6.30. The van der Waals surface area contributed by atoms with E-state index in [0.29, 0.717) is 0 Å². The Morgan fingerprint density at radius 3 is 2.15 bits per heavy atom. The van der Waals surface area contributed by atoms with E-state index in [0.717, 1.165) is 43.5 Å². The number of furan rings is 1. The molecule has 26 heavy (non-hydrogen) atoms. The largest absolute Gasteiger partial charge is 0.468 e. The number of halogens is 1. The molecule has 1 aliphatic heterocycles. The first kappa shape index (κ1) is 17.3. The minimum absolute atomic E-state index is 0.263. The normalized spacial score (nSPS) is 17.3. The first-order valence-corrected chi connectivity index (χ1v) is 9.46. The van der Waals surface area contributed by atoms with E-state index in [2.05, 4.69) is 52.3 Å². The highest BCUT2D eigenvalue weighted by atomic mass is 35.5. The van der Waals surface area contributed by atoms with Crippen LogP contribution in [0.25, 0.3) is 0 Å². The van der Waals surface area contributed by atoms with Crippen LogP contribution in [-0.4, -0.2) is 36.0 Å². The SMILES string of the molecule is Clc1ccc(C(c2ccccc2)N2CCN(Cc3ccco3)CC2)cc1. The third-order valence-corrected chi connectivity index (χ3v) is 5.28. The molecule has 0 N–H and O–H groups in total. The van der Waals surface area contributed by atoms with E-state index in [-0.39, 0.29) is 6.04 Å². The van der Waals surface area contributed by atoms with Crippen LogP contribution in [-0.2, 0) is 6.54 Å². The molecule has 1 aromatic heterocycles. The van der Waals surface area contributed by atoms with Crippen LogP contribution < -0.4 is 0 Å². The Hall–Kier alpha value is -2.07. The Bertz CT molecular complexity index is 794. The van der Waals surface area contributed by atoms with Crippen molar-refractivity contribution in [3.63, 3.8) is 0 Å². The molecule has 2 aromatic carbocycles. The molecule has 3 aromatic rings.